The predicted octanol–water partition coefficient (Wildman–Crippen LogP) is 3.68. The third-order valence-electron chi connectivity index (χ3n) is 6.10. The van der Waals surface area contributed by atoms with E-state index >= 15 is 0 Å². The first-order chi connectivity index (χ1) is 12.9. The maximum Gasteiger partial charge on any atom is 0.141 e. The molecule has 1 aromatic heterocycles. The van der Waals surface area contributed by atoms with E-state index < -0.39 is 0 Å². The summed E-state index contributed by atoms with van der Waals surface area (Å²) in [5.74, 6) is 1.72. The van der Waals surface area contributed by atoms with Crippen LogP contribution in [0.25, 0.3) is 0 Å². The van der Waals surface area contributed by atoms with Crippen molar-refractivity contribution in [2.24, 2.45) is 5.92 Å². The Labute approximate surface area is 156 Å². The number of aromatic amines is 1. The van der Waals surface area contributed by atoms with E-state index in [1.54, 1.807) is 6.33 Å². The van der Waals surface area contributed by atoms with Crippen molar-refractivity contribution in [1.29, 1.82) is 0 Å². The van der Waals surface area contributed by atoms with Gasteiger partial charge in [0.1, 0.15) is 12.2 Å². The fourth-order valence-electron chi connectivity index (χ4n) is 4.62. The van der Waals surface area contributed by atoms with Crippen molar-refractivity contribution in [2.45, 2.75) is 63.6 Å². The standard InChI is InChI=1S/C21H31N5/c1-3-7-17(8-4-1)15-26-13-11-19(12-14-26)24-20(21-22-16-23-25-21)18-9-5-2-6-10-18/h1,3-4,7-8,16,18-20,24H,2,5-6,9-15H2,(H,22,23,25). The molecule has 1 aliphatic heterocycles. The molecule has 1 saturated heterocycles. The average Bonchev–Trinajstić information content (AvgIpc) is 3.23. The summed E-state index contributed by atoms with van der Waals surface area (Å²) in [5.41, 5.74) is 1.42. The van der Waals surface area contributed by atoms with Gasteiger partial charge in [-0.1, -0.05) is 49.6 Å². The molecule has 26 heavy (non-hydrogen) atoms. The zero-order valence-electron chi connectivity index (χ0n) is 15.6. The number of nitrogens with one attached hydrogen (secondary N) is 2. The topological polar surface area (TPSA) is 56.8 Å². The summed E-state index contributed by atoms with van der Waals surface area (Å²) < 4.78 is 0. The summed E-state index contributed by atoms with van der Waals surface area (Å²) in [6.07, 6.45) is 10.8. The molecule has 2 aliphatic rings. The molecule has 2 fully saturated rings. The number of rotatable bonds is 6. The second-order valence-electron chi connectivity index (χ2n) is 7.95. The summed E-state index contributed by atoms with van der Waals surface area (Å²) in [6, 6.07) is 11.7. The van der Waals surface area contributed by atoms with E-state index in [9.17, 15) is 0 Å². The van der Waals surface area contributed by atoms with Crippen molar-refractivity contribution in [3.8, 4) is 0 Å². The molecule has 1 atom stereocenters. The number of hydrogen-bond acceptors (Lipinski definition) is 4. The quantitative estimate of drug-likeness (QED) is 0.832. The maximum atomic E-state index is 4.49. The monoisotopic (exact) mass is 353 g/mol. The molecule has 0 radical (unpaired) electrons. The molecule has 2 heterocycles. The van der Waals surface area contributed by atoms with Crippen molar-refractivity contribution in [1.82, 2.24) is 25.4 Å². The highest BCUT2D eigenvalue weighted by Gasteiger charge is 2.30. The van der Waals surface area contributed by atoms with Gasteiger partial charge in [0.15, 0.2) is 0 Å². The van der Waals surface area contributed by atoms with Crippen molar-refractivity contribution < 1.29 is 0 Å². The van der Waals surface area contributed by atoms with Gasteiger partial charge >= 0.3 is 0 Å². The number of aromatic nitrogens is 3. The highest BCUT2D eigenvalue weighted by Crippen LogP contribution is 2.34. The third kappa shape index (κ3) is 4.51. The van der Waals surface area contributed by atoms with Gasteiger partial charge in [0.25, 0.3) is 0 Å². The Balaban J connectivity index is 1.32. The largest absolute Gasteiger partial charge is 0.304 e. The van der Waals surface area contributed by atoms with Crippen molar-refractivity contribution in [3.05, 3.63) is 48.0 Å². The Bertz CT molecular complexity index is 628. The van der Waals surface area contributed by atoms with E-state index in [-0.39, 0.29) is 0 Å². The summed E-state index contributed by atoms with van der Waals surface area (Å²) in [5, 5.41) is 11.2. The second-order valence-corrected chi connectivity index (χ2v) is 7.95. The molecule has 2 N–H and O–H groups in total. The van der Waals surface area contributed by atoms with Crippen LogP contribution >= 0.6 is 0 Å². The lowest BCUT2D eigenvalue weighted by Gasteiger charge is -2.37. The van der Waals surface area contributed by atoms with Crippen LogP contribution in [0.1, 0.15) is 62.4 Å². The van der Waals surface area contributed by atoms with Gasteiger partial charge < -0.3 is 5.32 Å². The Kier molecular flexibility index (Phi) is 5.97. The highest BCUT2D eigenvalue weighted by atomic mass is 15.2. The van der Waals surface area contributed by atoms with E-state index in [1.165, 1.54) is 63.6 Å². The minimum Gasteiger partial charge on any atom is -0.304 e. The Hall–Kier alpha value is -1.72. The molecule has 1 unspecified atom stereocenters. The molecule has 1 saturated carbocycles. The van der Waals surface area contributed by atoms with E-state index in [0.29, 0.717) is 18.0 Å². The van der Waals surface area contributed by atoms with Gasteiger partial charge in [0, 0.05) is 12.6 Å². The zero-order valence-corrected chi connectivity index (χ0v) is 15.6. The van der Waals surface area contributed by atoms with E-state index in [2.05, 4.69) is 55.7 Å². The van der Waals surface area contributed by atoms with Crippen LogP contribution in [0.4, 0.5) is 0 Å². The van der Waals surface area contributed by atoms with Crippen LogP contribution in [-0.2, 0) is 6.54 Å². The van der Waals surface area contributed by atoms with Crippen LogP contribution in [0.5, 0.6) is 0 Å². The van der Waals surface area contributed by atoms with E-state index in [1.807, 2.05) is 0 Å². The molecule has 2 aromatic rings. The van der Waals surface area contributed by atoms with Crippen LogP contribution in [0.2, 0.25) is 0 Å². The molecule has 5 heteroatoms. The van der Waals surface area contributed by atoms with Crippen LogP contribution in [0.15, 0.2) is 36.7 Å². The number of hydrogen-bond donors (Lipinski definition) is 2. The van der Waals surface area contributed by atoms with Gasteiger partial charge in [-0.2, -0.15) is 5.10 Å². The lowest BCUT2D eigenvalue weighted by Crippen LogP contribution is -2.45. The first-order valence-corrected chi connectivity index (χ1v) is 10.3. The Morgan fingerprint density at radius 1 is 1.04 bits per heavy atom. The number of piperidine rings is 1. The Morgan fingerprint density at radius 2 is 1.81 bits per heavy atom. The number of benzene rings is 1. The van der Waals surface area contributed by atoms with Crippen LogP contribution < -0.4 is 5.32 Å². The molecule has 0 amide bonds. The molecule has 0 bridgehead atoms. The van der Waals surface area contributed by atoms with Gasteiger partial charge in [0.05, 0.1) is 6.04 Å². The van der Waals surface area contributed by atoms with Crippen molar-refractivity contribution >= 4 is 0 Å². The van der Waals surface area contributed by atoms with E-state index in [4.69, 9.17) is 0 Å². The molecular formula is C21H31N5. The minimum atomic E-state index is 0.337. The molecule has 4 rings (SSSR count). The fourth-order valence-corrected chi connectivity index (χ4v) is 4.62. The summed E-state index contributed by atoms with van der Waals surface area (Å²) in [4.78, 5) is 7.07. The van der Waals surface area contributed by atoms with E-state index in [0.717, 1.165) is 12.4 Å². The molecule has 1 aliphatic carbocycles. The van der Waals surface area contributed by atoms with Gasteiger partial charge in [-0.05, 0) is 50.3 Å². The summed E-state index contributed by atoms with van der Waals surface area (Å²) in [7, 11) is 0. The zero-order chi connectivity index (χ0) is 17.6. The third-order valence-corrected chi connectivity index (χ3v) is 6.10. The molecule has 140 valence electrons. The number of H-pyrrole nitrogens is 1. The number of nitrogens with zero attached hydrogens (tertiary/aromatic N) is 3. The fraction of sp³-hybridized carbons (Fsp3) is 0.619. The first-order valence-electron chi connectivity index (χ1n) is 10.3. The van der Waals surface area contributed by atoms with Gasteiger partial charge in [-0.25, -0.2) is 4.98 Å². The summed E-state index contributed by atoms with van der Waals surface area (Å²) >= 11 is 0. The number of likely N-dealkylation sites (tertiary alicyclic amines) is 1. The second kappa shape index (κ2) is 8.78. The SMILES string of the molecule is c1ccc(CN2CCC(NC(c3ncn[nH]3)C3CCCCC3)CC2)cc1. The summed E-state index contributed by atoms with van der Waals surface area (Å²) in [6.45, 7) is 3.41. The van der Waals surface area contributed by atoms with Crippen molar-refractivity contribution in [3.63, 3.8) is 0 Å². The molecular weight excluding hydrogens is 322 g/mol. The van der Waals surface area contributed by atoms with Gasteiger partial charge in [0.2, 0.25) is 0 Å². The maximum absolute atomic E-state index is 4.49. The highest BCUT2D eigenvalue weighted by molar-refractivity contribution is 5.14. The average molecular weight is 354 g/mol. The lowest BCUT2D eigenvalue weighted by molar-refractivity contribution is 0.165. The van der Waals surface area contributed by atoms with Crippen LogP contribution in [0.3, 0.4) is 0 Å². The lowest BCUT2D eigenvalue weighted by atomic mass is 9.83. The minimum absolute atomic E-state index is 0.337. The molecule has 5 nitrogen and oxygen atoms in total. The predicted molar refractivity (Wildman–Crippen MR) is 104 cm³/mol. The normalized spacial score (nSPS) is 21.7. The first kappa shape index (κ1) is 17.7. The van der Waals surface area contributed by atoms with Crippen molar-refractivity contribution in [2.75, 3.05) is 13.1 Å². The molecule has 1 aromatic carbocycles. The van der Waals surface area contributed by atoms with Crippen LogP contribution in [0, 0.1) is 5.92 Å². The molecule has 0 spiro atoms. The van der Waals surface area contributed by atoms with Crippen LogP contribution in [-0.4, -0.2) is 39.2 Å². The smallest absolute Gasteiger partial charge is 0.141 e. The van der Waals surface area contributed by atoms with Gasteiger partial charge in [-0.3, -0.25) is 10.00 Å². The van der Waals surface area contributed by atoms with Gasteiger partial charge in [-0.15, -0.1) is 0 Å². The Morgan fingerprint density at radius 3 is 2.50 bits per heavy atom.